The summed E-state index contributed by atoms with van der Waals surface area (Å²) < 4.78 is 20.3. The van der Waals surface area contributed by atoms with Gasteiger partial charge in [0.1, 0.15) is 0 Å². The molecule has 0 bridgehead atoms. The predicted octanol–water partition coefficient (Wildman–Crippen LogP) is 0.776. The molecule has 0 radical (unpaired) electrons. The molecule has 8 nitrogen and oxygen atoms in total. The van der Waals surface area contributed by atoms with E-state index in [2.05, 4.69) is 9.84 Å². The van der Waals surface area contributed by atoms with E-state index in [1.165, 1.54) is 0 Å². The van der Waals surface area contributed by atoms with Crippen LogP contribution in [0.15, 0.2) is 30.3 Å². The number of amides is 1. The highest BCUT2D eigenvalue weighted by Crippen LogP contribution is 2.38. The summed E-state index contributed by atoms with van der Waals surface area (Å²) in [7, 11) is -4.83. The first-order chi connectivity index (χ1) is 10.8. The monoisotopic (exact) mass is 345 g/mol. The molecular weight excluding hydrogens is 325 g/mol. The van der Waals surface area contributed by atoms with Gasteiger partial charge in [0, 0.05) is 13.0 Å². The molecule has 0 aliphatic rings. The lowest BCUT2D eigenvalue weighted by molar-refractivity contribution is -0.143. The van der Waals surface area contributed by atoms with Crippen LogP contribution in [-0.4, -0.2) is 40.9 Å². The van der Waals surface area contributed by atoms with Gasteiger partial charge in [-0.2, -0.15) is 0 Å². The molecule has 0 saturated heterocycles. The second kappa shape index (κ2) is 9.42. The van der Waals surface area contributed by atoms with Gasteiger partial charge in [-0.25, -0.2) is 4.57 Å². The van der Waals surface area contributed by atoms with Gasteiger partial charge in [-0.3, -0.25) is 14.1 Å². The first-order valence-electron chi connectivity index (χ1n) is 7.03. The van der Waals surface area contributed by atoms with Gasteiger partial charge in [0.05, 0.1) is 13.0 Å². The standard InChI is InChI=1S/C14H20NO7P/c1-2-21-13(16)8-9-15-14(17)12(22-23(18,19)20)10-11-6-4-3-5-7-11/h3-7,12H,2,8-10H2,1H3,(H,15,17)(H2,18,19,20). The lowest BCUT2D eigenvalue weighted by Crippen LogP contribution is -2.38. The molecule has 23 heavy (non-hydrogen) atoms. The minimum atomic E-state index is -4.83. The van der Waals surface area contributed by atoms with Crippen LogP contribution in [0.4, 0.5) is 0 Å². The van der Waals surface area contributed by atoms with Gasteiger partial charge in [0.15, 0.2) is 6.10 Å². The molecule has 1 atom stereocenters. The Labute approximate surface area is 134 Å². The largest absolute Gasteiger partial charge is 0.470 e. The maximum atomic E-state index is 12.0. The maximum absolute atomic E-state index is 12.0. The van der Waals surface area contributed by atoms with E-state index < -0.39 is 25.8 Å². The van der Waals surface area contributed by atoms with E-state index >= 15 is 0 Å². The van der Waals surface area contributed by atoms with Crippen molar-refractivity contribution in [1.82, 2.24) is 5.32 Å². The number of ether oxygens (including phenoxy) is 1. The molecule has 0 spiro atoms. The van der Waals surface area contributed by atoms with E-state index in [0.717, 1.165) is 0 Å². The third kappa shape index (κ3) is 8.47. The number of phosphoric ester groups is 1. The molecule has 3 N–H and O–H groups in total. The zero-order chi connectivity index (χ0) is 17.3. The number of phosphoric acid groups is 1. The van der Waals surface area contributed by atoms with Crippen molar-refractivity contribution in [3.05, 3.63) is 35.9 Å². The Kier molecular flexibility index (Phi) is 7.91. The molecule has 1 rings (SSSR count). The van der Waals surface area contributed by atoms with Crippen LogP contribution in [0.1, 0.15) is 18.9 Å². The summed E-state index contributed by atoms with van der Waals surface area (Å²) in [4.78, 5) is 41.1. The van der Waals surface area contributed by atoms with Crippen molar-refractivity contribution in [2.75, 3.05) is 13.2 Å². The van der Waals surface area contributed by atoms with Gasteiger partial charge < -0.3 is 19.8 Å². The minimum absolute atomic E-state index is 0.00279. The molecular formula is C14H20NO7P. The number of rotatable bonds is 9. The summed E-state index contributed by atoms with van der Waals surface area (Å²) in [6.45, 7) is 1.90. The second-order valence-electron chi connectivity index (χ2n) is 4.62. The summed E-state index contributed by atoms with van der Waals surface area (Å²) in [6.07, 6.45) is -1.40. The molecule has 0 heterocycles. The summed E-state index contributed by atoms with van der Waals surface area (Å²) in [6, 6.07) is 8.68. The Morgan fingerprint density at radius 3 is 2.48 bits per heavy atom. The zero-order valence-corrected chi connectivity index (χ0v) is 13.6. The molecule has 1 unspecified atom stereocenters. The average molecular weight is 345 g/mol. The highest BCUT2D eigenvalue weighted by molar-refractivity contribution is 7.46. The van der Waals surface area contributed by atoms with E-state index in [1.807, 2.05) is 0 Å². The molecule has 1 aromatic carbocycles. The van der Waals surface area contributed by atoms with Gasteiger partial charge in [-0.05, 0) is 12.5 Å². The Morgan fingerprint density at radius 1 is 1.26 bits per heavy atom. The Bertz CT molecular complexity index is 558. The van der Waals surface area contributed by atoms with Crippen molar-refractivity contribution in [2.24, 2.45) is 0 Å². The molecule has 0 aliphatic heterocycles. The Hall–Kier alpha value is -1.73. The van der Waals surface area contributed by atoms with Crippen LogP contribution >= 0.6 is 7.82 Å². The highest BCUT2D eigenvalue weighted by Gasteiger charge is 2.28. The molecule has 0 aliphatic carbocycles. The van der Waals surface area contributed by atoms with Crippen LogP contribution in [0.3, 0.4) is 0 Å². The normalized spacial score (nSPS) is 12.5. The summed E-state index contributed by atoms with van der Waals surface area (Å²) in [5.74, 6) is -1.18. The first kappa shape index (κ1) is 19.3. The highest BCUT2D eigenvalue weighted by atomic mass is 31.2. The van der Waals surface area contributed by atoms with Crippen LogP contribution in [0.25, 0.3) is 0 Å². The third-order valence-electron chi connectivity index (χ3n) is 2.75. The lowest BCUT2D eigenvalue weighted by Gasteiger charge is -2.18. The fraction of sp³-hybridized carbons (Fsp3) is 0.429. The predicted molar refractivity (Wildman–Crippen MR) is 81.3 cm³/mol. The number of nitrogens with one attached hydrogen (secondary N) is 1. The third-order valence-corrected chi connectivity index (χ3v) is 3.28. The van der Waals surface area contributed by atoms with E-state index in [1.54, 1.807) is 37.3 Å². The van der Waals surface area contributed by atoms with Crippen LogP contribution in [-0.2, 0) is 29.8 Å². The minimum Gasteiger partial charge on any atom is -0.466 e. The average Bonchev–Trinajstić information content (AvgIpc) is 2.46. The van der Waals surface area contributed by atoms with Gasteiger partial charge in [0.25, 0.3) is 0 Å². The number of esters is 1. The quantitative estimate of drug-likeness (QED) is 0.446. The van der Waals surface area contributed by atoms with Crippen molar-refractivity contribution in [1.29, 1.82) is 0 Å². The number of hydrogen-bond donors (Lipinski definition) is 3. The van der Waals surface area contributed by atoms with Crippen molar-refractivity contribution >= 4 is 19.7 Å². The molecule has 0 aromatic heterocycles. The topological polar surface area (TPSA) is 122 Å². The fourth-order valence-electron chi connectivity index (χ4n) is 1.81. The van der Waals surface area contributed by atoms with E-state index in [4.69, 9.17) is 14.5 Å². The maximum Gasteiger partial charge on any atom is 0.470 e. The summed E-state index contributed by atoms with van der Waals surface area (Å²) in [5.41, 5.74) is 0.687. The Morgan fingerprint density at radius 2 is 1.91 bits per heavy atom. The number of benzene rings is 1. The lowest BCUT2D eigenvalue weighted by atomic mass is 10.1. The molecule has 128 valence electrons. The summed E-state index contributed by atoms with van der Waals surface area (Å²) in [5, 5.41) is 2.41. The van der Waals surface area contributed by atoms with E-state index in [9.17, 15) is 14.2 Å². The van der Waals surface area contributed by atoms with Crippen molar-refractivity contribution in [3.8, 4) is 0 Å². The smallest absolute Gasteiger partial charge is 0.466 e. The zero-order valence-electron chi connectivity index (χ0n) is 12.7. The van der Waals surface area contributed by atoms with Crippen LogP contribution in [0.5, 0.6) is 0 Å². The number of hydrogen-bond acceptors (Lipinski definition) is 5. The van der Waals surface area contributed by atoms with Crippen molar-refractivity contribution in [2.45, 2.75) is 25.9 Å². The van der Waals surface area contributed by atoms with Crippen molar-refractivity contribution in [3.63, 3.8) is 0 Å². The van der Waals surface area contributed by atoms with Gasteiger partial charge in [0.2, 0.25) is 5.91 Å². The fourth-order valence-corrected chi connectivity index (χ4v) is 2.31. The second-order valence-corrected chi connectivity index (χ2v) is 5.81. The van der Waals surface area contributed by atoms with E-state index in [0.29, 0.717) is 5.56 Å². The number of carbonyl (C=O) groups excluding carboxylic acids is 2. The van der Waals surface area contributed by atoms with Gasteiger partial charge in [-0.15, -0.1) is 0 Å². The SMILES string of the molecule is CCOC(=O)CCNC(=O)C(Cc1ccccc1)OP(=O)(O)O. The van der Waals surface area contributed by atoms with Crippen LogP contribution < -0.4 is 5.32 Å². The molecule has 1 amide bonds. The molecule has 0 saturated carbocycles. The summed E-state index contributed by atoms with van der Waals surface area (Å²) >= 11 is 0. The number of carbonyl (C=O) groups is 2. The van der Waals surface area contributed by atoms with E-state index in [-0.39, 0.29) is 26.0 Å². The first-order valence-corrected chi connectivity index (χ1v) is 8.56. The van der Waals surface area contributed by atoms with Crippen LogP contribution in [0.2, 0.25) is 0 Å². The molecule has 0 fully saturated rings. The Balaban J connectivity index is 2.62. The van der Waals surface area contributed by atoms with Gasteiger partial charge in [-0.1, -0.05) is 30.3 Å². The molecule has 9 heteroatoms. The molecule has 1 aromatic rings. The van der Waals surface area contributed by atoms with Gasteiger partial charge >= 0.3 is 13.8 Å². The van der Waals surface area contributed by atoms with Crippen LogP contribution in [0, 0.1) is 0 Å². The van der Waals surface area contributed by atoms with Crippen molar-refractivity contribution < 1.29 is 33.2 Å².